The van der Waals surface area contributed by atoms with Crippen molar-refractivity contribution in [1.82, 2.24) is 0 Å². The van der Waals surface area contributed by atoms with E-state index in [0.717, 1.165) is 11.1 Å². The van der Waals surface area contributed by atoms with E-state index in [9.17, 15) is 4.79 Å². The van der Waals surface area contributed by atoms with Crippen LogP contribution in [-0.4, -0.2) is 25.3 Å². The van der Waals surface area contributed by atoms with E-state index in [1.807, 2.05) is 44.2 Å². The maximum atomic E-state index is 13.0. The molecule has 0 amide bonds. The van der Waals surface area contributed by atoms with Gasteiger partial charge in [0.25, 0.3) is 0 Å². The molecule has 3 aliphatic heterocycles. The van der Waals surface area contributed by atoms with Gasteiger partial charge in [-0.1, -0.05) is 6.07 Å². The van der Waals surface area contributed by atoms with Gasteiger partial charge in [-0.15, -0.1) is 0 Å². The lowest BCUT2D eigenvalue weighted by molar-refractivity contribution is 0.0840. The first-order valence-corrected chi connectivity index (χ1v) is 9.18. The molecule has 28 heavy (non-hydrogen) atoms. The van der Waals surface area contributed by atoms with Crippen LogP contribution < -0.4 is 23.7 Å². The Morgan fingerprint density at radius 1 is 1.11 bits per heavy atom. The molecular formula is C22H20O6. The number of carbonyl (C=O) groups is 1. The van der Waals surface area contributed by atoms with Crippen molar-refractivity contribution in [2.75, 3.05) is 13.9 Å². The van der Waals surface area contributed by atoms with Crippen LogP contribution in [0.4, 0.5) is 0 Å². The topological polar surface area (TPSA) is 63.2 Å². The summed E-state index contributed by atoms with van der Waals surface area (Å²) in [7, 11) is 1.54. The molecule has 0 saturated carbocycles. The number of fused-ring (bicyclic) bond motifs is 4. The van der Waals surface area contributed by atoms with Crippen LogP contribution >= 0.6 is 0 Å². The van der Waals surface area contributed by atoms with E-state index in [1.54, 1.807) is 13.2 Å². The van der Waals surface area contributed by atoms with E-state index >= 15 is 0 Å². The van der Waals surface area contributed by atoms with E-state index in [0.29, 0.717) is 34.3 Å². The molecule has 6 heteroatoms. The monoisotopic (exact) mass is 380 g/mol. The van der Waals surface area contributed by atoms with Crippen molar-refractivity contribution in [3.8, 4) is 28.7 Å². The Balaban J connectivity index is 1.60. The molecule has 0 N–H and O–H groups in total. The Labute approximate surface area is 162 Å². The minimum atomic E-state index is -0.443. The summed E-state index contributed by atoms with van der Waals surface area (Å²) in [5.74, 6) is 2.94. The number of methoxy groups -OCH3 is 1. The highest BCUT2D eigenvalue weighted by atomic mass is 16.7. The Morgan fingerprint density at radius 2 is 1.93 bits per heavy atom. The van der Waals surface area contributed by atoms with Crippen molar-refractivity contribution in [2.45, 2.75) is 32.0 Å². The number of rotatable bonds is 2. The highest BCUT2D eigenvalue weighted by Gasteiger charge is 2.36. The standard InChI is InChI=1S/C22H20O6/c1-22(2)7-6-13-17(28-22)10-19(24-3)20-14(23)9-16(27-21(13)20)12-4-5-15-18(8-12)26-11-25-15/h4-8,10,16H,9,11H2,1-3H3/t16-/m0/s1. The van der Waals surface area contributed by atoms with Gasteiger partial charge in [0.1, 0.15) is 34.5 Å². The van der Waals surface area contributed by atoms with Gasteiger partial charge in [-0.25, -0.2) is 0 Å². The van der Waals surface area contributed by atoms with Gasteiger partial charge in [0.15, 0.2) is 17.3 Å². The molecule has 144 valence electrons. The van der Waals surface area contributed by atoms with E-state index in [4.69, 9.17) is 23.7 Å². The molecule has 0 spiro atoms. The van der Waals surface area contributed by atoms with Crippen molar-refractivity contribution in [3.63, 3.8) is 0 Å². The van der Waals surface area contributed by atoms with Crippen LogP contribution in [0.3, 0.4) is 0 Å². The predicted octanol–water partition coefficient (Wildman–Crippen LogP) is 4.31. The van der Waals surface area contributed by atoms with E-state index in [2.05, 4.69) is 0 Å². The van der Waals surface area contributed by atoms with Crippen LogP contribution in [0.25, 0.3) is 6.08 Å². The van der Waals surface area contributed by atoms with Crippen molar-refractivity contribution >= 4 is 11.9 Å². The van der Waals surface area contributed by atoms with Gasteiger partial charge in [0, 0.05) is 6.07 Å². The molecule has 2 aromatic rings. The first-order valence-electron chi connectivity index (χ1n) is 9.18. The Kier molecular flexibility index (Phi) is 3.59. The summed E-state index contributed by atoms with van der Waals surface area (Å²) in [6.07, 6.45) is 3.71. The Morgan fingerprint density at radius 3 is 2.75 bits per heavy atom. The zero-order valence-electron chi connectivity index (χ0n) is 15.9. The molecule has 0 saturated heterocycles. The second kappa shape index (κ2) is 5.92. The van der Waals surface area contributed by atoms with Gasteiger partial charge < -0.3 is 23.7 Å². The molecule has 0 unspecified atom stereocenters. The summed E-state index contributed by atoms with van der Waals surface area (Å²) in [4.78, 5) is 13.0. The second-order valence-electron chi connectivity index (χ2n) is 7.58. The fourth-order valence-electron chi connectivity index (χ4n) is 3.77. The smallest absolute Gasteiger partial charge is 0.231 e. The van der Waals surface area contributed by atoms with Crippen LogP contribution in [-0.2, 0) is 0 Å². The molecule has 1 atom stereocenters. The molecule has 0 bridgehead atoms. The van der Waals surface area contributed by atoms with Gasteiger partial charge in [-0.3, -0.25) is 4.79 Å². The van der Waals surface area contributed by atoms with E-state index < -0.39 is 11.7 Å². The third-order valence-corrected chi connectivity index (χ3v) is 5.17. The van der Waals surface area contributed by atoms with Crippen LogP contribution in [0.1, 0.15) is 47.9 Å². The normalized spacial score (nSPS) is 20.7. The van der Waals surface area contributed by atoms with Crippen molar-refractivity contribution in [3.05, 3.63) is 47.0 Å². The summed E-state index contributed by atoms with van der Waals surface area (Å²) in [5.41, 5.74) is 1.64. The zero-order chi connectivity index (χ0) is 19.5. The molecule has 0 radical (unpaired) electrons. The fraction of sp³-hybridized carbons (Fsp3) is 0.318. The Bertz CT molecular complexity index is 1020. The van der Waals surface area contributed by atoms with Crippen LogP contribution in [0.5, 0.6) is 28.7 Å². The molecular weight excluding hydrogens is 360 g/mol. The van der Waals surface area contributed by atoms with Crippen molar-refractivity contribution in [1.29, 1.82) is 0 Å². The number of carbonyl (C=O) groups excluding carboxylic acids is 1. The molecule has 5 rings (SSSR count). The summed E-state index contributed by atoms with van der Waals surface area (Å²) < 4.78 is 28.7. The molecule has 3 aliphatic rings. The summed E-state index contributed by atoms with van der Waals surface area (Å²) in [5, 5.41) is 0. The quantitative estimate of drug-likeness (QED) is 0.773. The largest absolute Gasteiger partial charge is 0.496 e. The molecule has 2 aromatic carbocycles. The highest BCUT2D eigenvalue weighted by Crippen LogP contribution is 2.49. The lowest BCUT2D eigenvalue weighted by Crippen LogP contribution is -2.29. The molecule has 3 heterocycles. The number of Topliss-reactive ketones (excluding diaryl/α,β-unsaturated/α-hetero) is 1. The zero-order valence-corrected chi connectivity index (χ0v) is 15.9. The number of ether oxygens (including phenoxy) is 5. The molecule has 6 nitrogen and oxygen atoms in total. The van der Waals surface area contributed by atoms with Gasteiger partial charge in [0.2, 0.25) is 6.79 Å². The SMILES string of the molecule is COc1cc2c(c3c1C(=O)C[C@@H](c1ccc4c(c1)OCO4)O3)C=CC(C)(C)O2. The molecule has 0 aromatic heterocycles. The average Bonchev–Trinajstić information content (AvgIpc) is 3.13. The van der Waals surface area contributed by atoms with E-state index in [1.165, 1.54) is 0 Å². The second-order valence-corrected chi connectivity index (χ2v) is 7.58. The average molecular weight is 380 g/mol. The van der Waals surface area contributed by atoms with Crippen LogP contribution in [0.15, 0.2) is 30.3 Å². The van der Waals surface area contributed by atoms with Gasteiger partial charge in [-0.2, -0.15) is 0 Å². The minimum Gasteiger partial charge on any atom is -0.496 e. The molecule has 0 fully saturated rings. The maximum absolute atomic E-state index is 13.0. The predicted molar refractivity (Wildman–Crippen MR) is 102 cm³/mol. The summed E-state index contributed by atoms with van der Waals surface area (Å²) in [6, 6.07) is 7.38. The number of benzene rings is 2. The first-order chi connectivity index (χ1) is 13.4. The lowest BCUT2D eigenvalue weighted by Gasteiger charge is -2.33. The van der Waals surface area contributed by atoms with Crippen LogP contribution in [0.2, 0.25) is 0 Å². The van der Waals surface area contributed by atoms with E-state index in [-0.39, 0.29) is 19.0 Å². The summed E-state index contributed by atoms with van der Waals surface area (Å²) in [6.45, 7) is 4.15. The fourth-order valence-corrected chi connectivity index (χ4v) is 3.77. The number of hydrogen-bond acceptors (Lipinski definition) is 6. The van der Waals surface area contributed by atoms with Gasteiger partial charge >= 0.3 is 0 Å². The van der Waals surface area contributed by atoms with Crippen molar-refractivity contribution in [2.24, 2.45) is 0 Å². The van der Waals surface area contributed by atoms with Crippen molar-refractivity contribution < 1.29 is 28.5 Å². The van der Waals surface area contributed by atoms with Gasteiger partial charge in [0.05, 0.1) is 19.1 Å². The Hall–Kier alpha value is -3.15. The van der Waals surface area contributed by atoms with Gasteiger partial charge in [-0.05, 0) is 43.7 Å². The highest BCUT2D eigenvalue weighted by molar-refractivity contribution is 6.04. The summed E-state index contributed by atoms with van der Waals surface area (Å²) >= 11 is 0. The number of ketones is 1. The minimum absolute atomic E-state index is 0.0261. The third-order valence-electron chi connectivity index (χ3n) is 5.17. The number of hydrogen-bond donors (Lipinski definition) is 0. The molecule has 0 aliphatic carbocycles. The first kappa shape index (κ1) is 17.0. The van der Waals surface area contributed by atoms with Crippen LogP contribution in [0, 0.1) is 0 Å². The lowest BCUT2D eigenvalue weighted by atomic mass is 9.91. The third kappa shape index (κ3) is 2.59. The maximum Gasteiger partial charge on any atom is 0.231 e.